The summed E-state index contributed by atoms with van der Waals surface area (Å²) >= 11 is 0. The molecule has 96 valence electrons. The average Bonchev–Trinajstić information content (AvgIpc) is 2.39. The van der Waals surface area contributed by atoms with Crippen LogP contribution in [0.3, 0.4) is 0 Å². The molecule has 2 rings (SSSR count). The molecule has 0 atom stereocenters. The summed E-state index contributed by atoms with van der Waals surface area (Å²) in [5.74, 6) is -0.850. The van der Waals surface area contributed by atoms with Crippen molar-refractivity contribution < 1.29 is 14.7 Å². The zero-order valence-electron chi connectivity index (χ0n) is 10.6. The normalized spacial score (nSPS) is 23.6. The Morgan fingerprint density at radius 3 is 2.11 bits per heavy atom. The van der Waals surface area contributed by atoms with Gasteiger partial charge in [0.05, 0.1) is 0 Å². The van der Waals surface area contributed by atoms with E-state index in [1.165, 1.54) is 31.2 Å². The molecule has 0 unspecified atom stereocenters. The summed E-state index contributed by atoms with van der Waals surface area (Å²) in [6, 6.07) is 7.06. The van der Waals surface area contributed by atoms with Crippen molar-refractivity contribution in [2.24, 2.45) is 5.92 Å². The fraction of sp³-hybridized carbons (Fsp3) is 0.467. The van der Waals surface area contributed by atoms with Crippen molar-refractivity contribution in [2.75, 3.05) is 0 Å². The maximum absolute atomic E-state index is 11.3. The molecule has 0 aromatic heterocycles. The Kier molecular flexibility index (Phi) is 3.80. The largest absolute Gasteiger partial charge is 0.475 e. The first-order valence-corrected chi connectivity index (χ1v) is 6.45. The standard InChI is InChI=1S/C15H18O3/c1-10-2-4-11(5-3-10)12-6-8-13(9-7-12)14(16)15(17)18/h6-11H,2-5H2,1H3,(H,17,18). The maximum atomic E-state index is 11.3. The molecule has 1 fully saturated rings. The molecule has 0 bridgehead atoms. The Balaban J connectivity index is 2.08. The van der Waals surface area contributed by atoms with Crippen LogP contribution in [0.4, 0.5) is 0 Å². The number of carboxylic acid groups (broad SMARTS) is 1. The van der Waals surface area contributed by atoms with Crippen LogP contribution in [-0.2, 0) is 4.79 Å². The van der Waals surface area contributed by atoms with Crippen molar-refractivity contribution in [3.05, 3.63) is 35.4 Å². The number of rotatable bonds is 3. The van der Waals surface area contributed by atoms with Crippen LogP contribution < -0.4 is 0 Å². The van der Waals surface area contributed by atoms with Gasteiger partial charge in [-0.3, -0.25) is 4.79 Å². The minimum atomic E-state index is -1.39. The summed E-state index contributed by atoms with van der Waals surface area (Å²) in [5.41, 5.74) is 1.49. The molecule has 1 N–H and O–H groups in total. The molecule has 0 heterocycles. The topological polar surface area (TPSA) is 54.4 Å². The van der Waals surface area contributed by atoms with Crippen LogP contribution in [0.15, 0.2) is 24.3 Å². The highest BCUT2D eigenvalue weighted by Gasteiger charge is 2.20. The maximum Gasteiger partial charge on any atom is 0.377 e. The Hall–Kier alpha value is -1.64. The predicted molar refractivity (Wildman–Crippen MR) is 68.8 cm³/mol. The molecule has 1 aliphatic rings. The van der Waals surface area contributed by atoms with E-state index in [1.807, 2.05) is 12.1 Å². The highest BCUT2D eigenvalue weighted by Crippen LogP contribution is 2.35. The van der Waals surface area contributed by atoms with Crippen LogP contribution >= 0.6 is 0 Å². The van der Waals surface area contributed by atoms with Crippen molar-refractivity contribution in [1.29, 1.82) is 0 Å². The van der Waals surface area contributed by atoms with Gasteiger partial charge in [-0.05, 0) is 30.2 Å². The number of hydrogen-bond acceptors (Lipinski definition) is 2. The van der Waals surface area contributed by atoms with Gasteiger partial charge in [0.15, 0.2) is 0 Å². The number of Topliss-reactive ketones (excluding diaryl/α,β-unsaturated/α-hetero) is 1. The zero-order valence-corrected chi connectivity index (χ0v) is 10.6. The second-order valence-corrected chi connectivity index (χ2v) is 5.21. The van der Waals surface area contributed by atoms with E-state index in [0.717, 1.165) is 5.92 Å². The lowest BCUT2D eigenvalue weighted by Gasteiger charge is -2.26. The van der Waals surface area contributed by atoms with E-state index in [4.69, 9.17) is 5.11 Å². The molecule has 0 saturated heterocycles. The Bertz CT molecular complexity index is 439. The van der Waals surface area contributed by atoms with Crippen molar-refractivity contribution in [1.82, 2.24) is 0 Å². The van der Waals surface area contributed by atoms with Crippen LogP contribution in [0, 0.1) is 5.92 Å². The van der Waals surface area contributed by atoms with E-state index in [0.29, 0.717) is 5.92 Å². The summed E-state index contributed by atoms with van der Waals surface area (Å²) in [5, 5.41) is 8.63. The van der Waals surface area contributed by atoms with Gasteiger partial charge in [-0.1, -0.05) is 44.0 Å². The van der Waals surface area contributed by atoms with Gasteiger partial charge in [-0.2, -0.15) is 0 Å². The number of aliphatic carboxylic acids is 1. The number of benzene rings is 1. The van der Waals surface area contributed by atoms with Crippen LogP contribution in [-0.4, -0.2) is 16.9 Å². The fourth-order valence-corrected chi connectivity index (χ4v) is 2.62. The number of carbonyl (C=O) groups excluding carboxylic acids is 1. The quantitative estimate of drug-likeness (QED) is 0.658. The lowest BCUT2D eigenvalue weighted by Crippen LogP contribution is -2.13. The smallest absolute Gasteiger partial charge is 0.377 e. The molecule has 0 amide bonds. The van der Waals surface area contributed by atoms with E-state index in [9.17, 15) is 9.59 Å². The van der Waals surface area contributed by atoms with Crippen molar-refractivity contribution in [2.45, 2.75) is 38.5 Å². The molecule has 1 aromatic rings. The fourth-order valence-electron chi connectivity index (χ4n) is 2.62. The number of ketones is 1. The minimum absolute atomic E-state index is 0.260. The summed E-state index contributed by atoms with van der Waals surface area (Å²) in [6.07, 6.45) is 4.88. The molecule has 0 radical (unpaired) electrons. The third-order valence-electron chi connectivity index (χ3n) is 3.85. The SMILES string of the molecule is CC1CCC(c2ccc(C(=O)C(=O)O)cc2)CC1. The molecule has 1 aromatic carbocycles. The predicted octanol–water partition coefficient (Wildman–Crippen LogP) is 3.25. The first-order chi connectivity index (χ1) is 8.58. The highest BCUT2D eigenvalue weighted by atomic mass is 16.4. The number of hydrogen-bond donors (Lipinski definition) is 1. The average molecular weight is 246 g/mol. The monoisotopic (exact) mass is 246 g/mol. The number of carboxylic acids is 1. The first kappa shape index (κ1) is 12.8. The Labute approximate surface area is 107 Å². The molecule has 3 heteroatoms. The van der Waals surface area contributed by atoms with E-state index < -0.39 is 11.8 Å². The van der Waals surface area contributed by atoms with Crippen LogP contribution in [0.25, 0.3) is 0 Å². The van der Waals surface area contributed by atoms with Crippen molar-refractivity contribution in [3.63, 3.8) is 0 Å². The lowest BCUT2D eigenvalue weighted by atomic mass is 9.79. The second kappa shape index (κ2) is 5.34. The Morgan fingerprint density at radius 2 is 1.61 bits per heavy atom. The highest BCUT2D eigenvalue weighted by molar-refractivity contribution is 6.39. The summed E-state index contributed by atoms with van der Waals surface area (Å²) in [6.45, 7) is 2.28. The molecular formula is C15H18O3. The second-order valence-electron chi connectivity index (χ2n) is 5.21. The molecule has 1 saturated carbocycles. The lowest BCUT2D eigenvalue weighted by molar-refractivity contribution is -0.131. The van der Waals surface area contributed by atoms with Gasteiger partial charge in [-0.25, -0.2) is 4.79 Å². The van der Waals surface area contributed by atoms with Crippen LogP contribution in [0.2, 0.25) is 0 Å². The van der Waals surface area contributed by atoms with Gasteiger partial charge in [0.1, 0.15) is 0 Å². The molecule has 1 aliphatic carbocycles. The summed E-state index contributed by atoms with van der Waals surface area (Å²) in [4.78, 5) is 21.8. The molecule has 3 nitrogen and oxygen atoms in total. The minimum Gasteiger partial charge on any atom is -0.475 e. The molecular weight excluding hydrogens is 228 g/mol. The molecule has 0 spiro atoms. The van der Waals surface area contributed by atoms with E-state index >= 15 is 0 Å². The third-order valence-corrected chi connectivity index (χ3v) is 3.85. The van der Waals surface area contributed by atoms with Crippen molar-refractivity contribution in [3.8, 4) is 0 Å². The zero-order chi connectivity index (χ0) is 13.1. The van der Waals surface area contributed by atoms with E-state index in [2.05, 4.69) is 6.92 Å². The van der Waals surface area contributed by atoms with Crippen LogP contribution in [0.1, 0.15) is 54.4 Å². The van der Waals surface area contributed by atoms with E-state index in [-0.39, 0.29) is 5.56 Å². The summed E-state index contributed by atoms with van der Waals surface area (Å²) < 4.78 is 0. The number of carbonyl (C=O) groups is 2. The third kappa shape index (κ3) is 2.78. The first-order valence-electron chi connectivity index (χ1n) is 6.45. The van der Waals surface area contributed by atoms with Gasteiger partial charge in [-0.15, -0.1) is 0 Å². The van der Waals surface area contributed by atoms with Crippen LogP contribution in [0.5, 0.6) is 0 Å². The molecule has 0 aliphatic heterocycles. The Morgan fingerprint density at radius 1 is 1.06 bits per heavy atom. The van der Waals surface area contributed by atoms with Gasteiger partial charge in [0.25, 0.3) is 5.78 Å². The summed E-state index contributed by atoms with van der Waals surface area (Å²) in [7, 11) is 0. The van der Waals surface area contributed by atoms with Gasteiger partial charge >= 0.3 is 5.97 Å². The molecule has 18 heavy (non-hydrogen) atoms. The van der Waals surface area contributed by atoms with Gasteiger partial charge < -0.3 is 5.11 Å². The van der Waals surface area contributed by atoms with Gasteiger partial charge in [0, 0.05) is 5.56 Å². The van der Waals surface area contributed by atoms with Crippen molar-refractivity contribution >= 4 is 11.8 Å². The van der Waals surface area contributed by atoms with E-state index in [1.54, 1.807) is 12.1 Å². The van der Waals surface area contributed by atoms with Gasteiger partial charge in [0.2, 0.25) is 0 Å².